The van der Waals surface area contributed by atoms with Crippen molar-refractivity contribution in [2.75, 3.05) is 33.7 Å². The minimum absolute atomic E-state index is 0.0610. The van der Waals surface area contributed by atoms with Crippen LogP contribution in [0.25, 0.3) is 0 Å². The zero-order chi connectivity index (χ0) is 14.8. The fourth-order valence-corrected chi connectivity index (χ4v) is 3.47. The lowest BCUT2D eigenvalue weighted by Gasteiger charge is -2.40. The Kier molecular flexibility index (Phi) is 4.68. The van der Waals surface area contributed by atoms with E-state index in [1.54, 1.807) is 19.0 Å². The molecule has 2 amide bonds. The maximum Gasteiger partial charge on any atom is 0.244 e. The fourth-order valence-electron chi connectivity index (χ4n) is 3.47. The van der Waals surface area contributed by atoms with Crippen LogP contribution in [0.3, 0.4) is 0 Å². The van der Waals surface area contributed by atoms with E-state index in [9.17, 15) is 9.59 Å². The van der Waals surface area contributed by atoms with Crippen molar-refractivity contribution in [3.05, 3.63) is 0 Å². The Hall–Kier alpha value is -1.10. The quantitative estimate of drug-likeness (QED) is 0.834. The van der Waals surface area contributed by atoms with Gasteiger partial charge in [0.15, 0.2) is 0 Å². The van der Waals surface area contributed by atoms with Crippen LogP contribution in [-0.2, 0) is 9.59 Å². The van der Waals surface area contributed by atoms with Crippen LogP contribution in [0.15, 0.2) is 0 Å². The molecule has 2 saturated heterocycles. The molecule has 0 aromatic carbocycles. The van der Waals surface area contributed by atoms with Gasteiger partial charge in [-0.15, -0.1) is 0 Å². The summed E-state index contributed by atoms with van der Waals surface area (Å²) < 4.78 is 0. The first-order valence-corrected chi connectivity index (χ1v) is 7.75. The molecule has 0 aliphatic carbocycles. The molecule has 2 rings (SSSR count). The lowest BCUT2D eigenvalue weighted by Crippen LogP contribution is -2.55. The van der Waals surface area contributed by atoms with Gasteiger partial charge in [0, 0.05) is 27.2 Å². The van der Waals surface area contributed by atoms with Crippen LogP contribution < -0.4 is 5.32 Å². The Balaban J connectivity index is 2.16. The Morgan fingerprint density at radius 2 is 2.10 bits per heavy atom. The van der Waals surface area contributed by atoms with Crippen LogP contribution in [0, 0.1) is 5.41 Å². The van der Waals surface area contributed by atoms with E-state index in [1.807, 2.05) is 4.90 Å². The standard InChI is InChI=1S/C15H27N3O2/c1-4-15(8-6-9-16-11-15)14(20)18-10-5-7-12(18)13(19)17(2)3/h12,16H,4-11H2,1-3H3. The number of nitrogens with one attached hydrogen (secondary N) is 1. The first-order chi connectivity index (χ1) is 9.52. The van der Waals surface area contributed by atoms with Crippen LogP contribution in [0.4, 0.5) is 0 Å². The number of rotatable bonds is 3. The van der Waals surface area contributed by atoms with Gasteiger partial charge >= 0.3 is 0 Å². The summed E-state index contributed by atoms with van der Waals surface area (Å²) in [6, 6.07) is -0.247. The average Bonchev–Trinajstić information content (AvgIpc) is 2.95. The lowest BCUT2D eigenvalue weighted by molar-refractivity contribution is -0.150. The molecule has 2 unspecified atom stereocenters. The molecule has 2 aliphatic heterocycles. The number of carbonyl (C=O) groups is 2. The van der Waals surface area contributed by atoms with Crippen molar-refractivity contribution in [3.8, 4) is 0 Å². The van der Waals surface area contributed by atoms with Gasteiger partial charge in [0.25, 0.3) is 0 Å². The van der Waals surface area contributed by atoms with Crippen molar-refractivity contribution in [2.24, 2.45) is 5.41 Å². The second kappa shape index (κ2) is 6.12. The van der Waals surface area contributed by atoms with Gasteiger partial charge in [0.1, 0.15) is 6.04 Å². The zero-order valence-corrected chi connectivity index (χ0v) is 12.9. The van der Waals surface area contributed by atoms with Crippen molar-refractivity contribution in [1.29, 1.82) is 0 Å². The van der Waals surface area contributed by atoms with Crippen molar-refractivity contribution in [2.45, 2.75) is 45.1 Å². The van der Waals surface area contributed by atoms with Crippen molar-refractivity contribution in [1.82, 2.24) is 15.1 Å². The summed E-state index contributed by atoms with van der Waals surface area (Å²) in [5.74, 6) is 0.246. The van der Waals surface area contributed by atoms with Crippen LogP contribution in [0.1, 0.15) is 39.0 Å². The van der Waals surface area contributed by atoms with Gasteiger partial charge in [0.05, 0.1) is 5.41 Å². The largest absolute Gasteiger partial charge is 0.347 e. The number of hydrogen-bond acceptors (Lipinski definition) is 3. The molecule has 114 valence electrons. The fraction of sp³-hybridized carbons (Fsp3) is 0.867. The predicted molar refractivity (Wildman–Crippen MR) is 78.3 cm³/mol. The third kappa shape index (κ3) is 2.68. The number of hydrogen-bond donors (Lipinski definition) is 1. The highest BCUT2D eigenvalue weighted by Crippen LogP contribution is 2.35. The molecule has 0 saturated carbocycles. The summed E-state index contributed by atoms with van der Waals surface area (Å²) >= 11 is 0. The molecule has 0 spiro atoms. The summed E-state index contributed by atoms with van der Waals surface area (Å²) in [6.07, 6.45) is 4.56. The van der Waals surface area contributed by atoms with Crippen LogP contribution >= 0.6 is 0 Å². The Labute approximate surface area is 121 Å². The van der Waals surface area contributed by atoms with Gasteiger partial charge in [-0.2, -0.15) is 0 Å². The van der Waals surface area contributed by atoms with Gasteiger partial charge in [-0.25, -0.2) is 0 Å². The van der Waals surface area contributed by atoms with E-state index >= 15 is 0 Å². The zero-order valence-electron chi connectivity index (χ0n) is 12.9. The minimum Gasteiger partial charge on any atom is -0.347 e. The molecule has 0 aromatic rings. The molecule has 20 heavy (non-hydrogen) atoms. The van der Waals surface area contributed by atoms with Gasteiger partial charge < -0.3 is 15.1 Å². The summed E-state index contributed by atoms with van der Waals surface area (Å²) in [4.78, 5) is 28.7. The monoisotopic (exact) mass is 281 g/mol. The van der Waals surface area contributed by atoms with Crippen molar-refractivity contribution in [3.63, 3.8) is 0 Å². The molecule has 0 aromatic heterocycles. The molecule has 0 radical (unpaired) electrons. The second-order valence-electron chi connectivity index (χ2n) is 6.30. The van der Waals surface area contributed by atoms with E-state index in [2.05, 4.69) is 12.2 Å². The molecule has 0 bridgehead atoms. The number of likely N-dealkylation sites (tertiary alicyclic amines) is 1. The predicted octanol–water partition coefficient (Wildman–Crippen LogP) is 0.845. The molecular weight excluding hydrogens is 254 g/mol. The lowest BCUT2D eigenvalue weighted by atomic mass is 9.77. The number of amides is 2. The number of carbonyl (C=O) groups excluding carboxylic acids is 2. The van der Waals surface area contributed by atoms with E-state index in [0.717, 1.165) is 51.7 Å². The summed E-state index contributed by atoms with van der Waals surface area (Å²) in [5, 5.41) is 3.35. The number of piperidine rings is 1. The molecule has 5 heteroatoms. The van der Waals surface area contributed by atoms with Crippen LogP contribution in [0.5, 0.6) is 0 Å². The van der Waals surface area contributed by atoms with E-state index in [-0.39, 0.29) is 23.3 Å². The van der Waals surface area contributed by atoms with Gasteiger partial charge in [0.2, 0.25) is 11.8 Å². The first-order valence-electron chi connectivity index (χ1n) is 7.75. The van der Waals surface area contributed by atoms with Crippen LogP contribution in [0.2, 0.25) is 0 Å². The van der Waals surface area contributed by atoms with E-state index < -0.39 is 0 Å². The molecule has 1 N–H and O–H groups in total. The van der Waals surface area contributed by atoms with Crippen molar-refractivity contribution >= 4 is 11.8 Å². The Bertz CT molecular complexity index is 375. The highest BCUT2D eigenvalue weighted by Gasteiger charge is 2.45. The molecule has 5 nitrogen and oxygen atoms in total. The maximum atomic E-state index is 13.0. The molecular formula is C15H27N3O2. The third-order valence-electron chi connectivity index (χ3n) is 4.84. The molecule has 2 fully saturated rings. The Morgan fingerprint density at radius 3 is 2.65 bits per heavy atom. The van der Waals surface area contributed by atoms with Gasteiger partial charge in [-0.3, -0.25) is 9.59 Å². The van der Waals surface area contributed by atoms with Gasteiger partial charge in [-0.05, 0) is 38.6 Å². The van der Waals surface area contributed by atoms with Gasteiger partial charge in [-0.1, -0.05) is 6.92 Å². The molecule has 2 aliphatic rings. The Morgan fingerprint density at radius 1 is 1.35 bits per heavy atom. The number of likely N-dealkylation sites (N-methyl/N-ethyl adjacent to an activating group) is 1. The summed E-state index contributed by atoms with van der Waals surface area (Å²) in [7, 11) is 3.53. The average molecular weight is 281 g/mol. The smallest absolute Gasteiger partial charge is 0.244 e. The highest BCUT2D eigenvalue weighted by atomic mass is 16.2. The maximum absolute atomic E-state index is 13.0. The highest BCUT2D eigenvalue weighted by molar-refractivity contribution is 5.90. The topological polar surface area (TPSA) is 52.7 Å². The second-order valence-corrected chi connectivity index (χ2v) is 6.30. The van der Waals surface area contributed by atoms with E-state index in [1.165, 1.54) is 0 Å². The van der Waals surface area contributed by atoms with Crippen molar-refractivity contribution < 1.29 is 9.59 Å². The van der Waals surface area contributed by atoms with E-state index in [0.29, 0.717) is 0 Å². The van der Waals surface area contributed by atoms with E-state index in [4.69, 9.17) is 0 Å². The number of nitrogens with zero attached hydrogens (tertiary/aromatic N) is 2. The SMILES string of the molecule is CCC1(C(=O)N2CCCC2C(=O)N(C)C)CCCNC1. The first kappa shape index (κ1) is 15.3. The summed E-state index contributed by atoms with van der Waals surface area (Å²) in [6.45, 7) is 4.56. The molecule has 2 heterocycles. The molecule has 2 atom stereocenters. The minimum atomic E-state index is -0.298. The summed E-state index contributed by atoms with van der Waals surface area (Å²) in [5.41, 5.74) is -0.298. The van der Waals surface area contributed by atoms with Crippen LogP contribution in [-0.4, -0.2) is 61.4 Å². The third-order valence-corrected chi connectivity index (χ3v) is 4.84. The normalized spacial score (nSPS) is 30.4.